The van der Waals surface area contributed by atoms with Crippen molar-refractivity contribution in [3.8, 4) is 5.69 Å². The lowest BCUT2D eigenvalue weighted by atomic mass is 10.2. The number of hydrogen-bond acceptors (Lipinski definition) is 2. The van der Waals surface area contributed by atoms with Gasteiger partial charge in [-0.25, -0.2) is 4.68 Å². The van der Waals surface area contributed by atoms with E-state index in [1.807, 2.05) is 41.2 Å². The predicted octanol–water partition coefficient (Wildman–Crippen LogP) is 1.68. The van der Waals surface area contributed by atoms with E-state index in [9.17, 15) is 0 Å². The molecular formula is C12H15N3. The molecule has 2 aromatic rings. The molecule has 0 radical (unpaired) electrons. The second kappa shape index (κ2) is 4.28. The molecule has 0 aliphatic rings. The van der Waals surface area contributed by atoms with Gasteiger partial charge in [0.15, 0.2) is 0 Å². The maximum atomic E-state index is 5.54. The second-order valence-electron chi connectivity index (χ2n) is 3.54. The van der Waals surface area contributed by atoms with Crippen LogP contribution in [0.15, 0.2) is 36.5 Å². The van der Waals surface area contributed by atoms with Crippen LogP contribution in [0, 0.1) is 6.92 Å². The van der Waals surface area contributed by atoms with Crippen LogP contribution >= 0.6 is 0 Å². The van der Waals surface area contributed by atoms with E-state index in [1.165, 1.54) is 11.3 Å². The van der Waals surface area contributed by atoms with Crippen molar-refractivity contribution in [2.75, 3.05) is 6.54 Å². The van der Waals surface area contributed by atoms with Crippen LogP contribution in [-0.4, -0.2) is 16.3 Å². The highest BCUT2D eigenvalue weighted by molar-refractivity contribution is 5.34. The molecule has 1 aromatic carbocycles. The zero-order valence-electron chi connectivity index (χ0n) is 8.85. The number of nitrogens with zero attached hydrogens (tertiary/aromatic N) is 2. The first-order chi connectivity index (χ1) is 7.33. The van der Waals surface area contributed by atoms with E-state index in [0.29, 0.717) is 6.54 Å². The van der Waals surface area contributed by atoms with Crippen LogP contribution in [-0.2, 0) is 6.42 Å². The van der Waals surface area contributed by atoms with Crippen molar-refractivity contribution in [2.45, 2.75) is 13.3 Å². The summed E-state index contributed by atoms with van der Waals surface area (Å²) in [4.78, 5) is 0. The van der Waals surface area contributed by atoms with E-state index >= 15 is 0 Å². The van der Waals surface area contributed by atoms with Gasteiger partial charge in [0.1, 0.15) is 0 Å². The summed E-state index contributed by atoms with van der Waals surface area (Å²) in [5.74, 6) is 0. The first-order valence-electron chi connectivity index (χ1n) is 5.12. The minimum absolute atomic E-state index is 0.668. The maximum Gasteiger partial charge on any atom is 0.0648 e. The molecular weight excluding hydrogens is 186 g/mol. The first kappa shape index (κ1) is 9.93. The fraction of sp³-hybridized carbons (Fsp3) is 0.250. The molecule has 78 valence electrons. The lowest BCUT2D eigenvalue weighted by Gasteiger charge is -2.04. The van der Waals surface area contributed by atoms with Gasteiger partial charge in [-0.3, -0.25) is 0 Å². The van der Waals surface area contributed by atoms with Crippen molar-refractivity contribution in [3.05, 3.63) is 47.8 Å². The molecule has 3 nitrogen and oxygen atoms in total. The number of aromatic nitrogens is 2. The third-order valence-corrected chi connectivity index (χ3v) is 2.53. The van der Waals surface area contributed by atoms with E-state index in [1.54, 1.807) is 0 Å². The summed E-state index contributed by atoms with van der Waals surface area (Å²) in [5, 5.41) is 4.37. The molecule has 0 amide bonds. The molecule has 0 atom stereocenters. The Hall–Kier alpha value is -1.61. The van der Waals surface area contributed by atoms with Crippen LogP contribution < -0.4 is 5.73 Å². The van der Waals surface area contributed by atoms with Crippen LogP contribution in [0.4, 0.5) is 0 Å². The summed E-state index contributed by atoms with van der Waals surface area (Å²) in [7, 11) is 0. The molecule has 0 aliphatic heterocycles. The molecule has 2 N–H and O–H groups in total. The van der Waals surface area contributed by atoms with Crippen LogP contribution in [0.5, 0.6) is 0 Å². The Morgan fingerprint density at radius 1 is 1.27 bits per heavy atom. The number of hydrogen-bond donors (Lipinski definition) is 1. The zero-order chi connectivity index (χ0) is 10.7. The fourth-order valence-electron chi connectivity index (χ4n) is 1.67. The van der Waals surface area contributed by atoms with Gasteiger partial charge in [-0.05, 0) is 37.6 Å². The van der Waals surface area contributed by atoms with Crippen LogP contribution in [0.3, 0.4) is 0 Å². The first-order valence-corrected chi connectivity index (χ1v) is 5.12. The molecule has 0 fully saturated rings. The second-order valence-corrected chi connectivity index (χ2v) is 3.54. The normalized spacial score (nSPS) is 10.5. The molecule has 0 saturated heterocycles. The molecule has 0 unspecified atom stereocenters. The van der Waals surface area contributed by atoms with Gasteiger partial charge in [-0.15, -0.1) is 0 Å². The van der Waals surface area contributed by atoms with E-state index in [4.69, 9.17) is 5.73 Å². The van der Waals surface area contributed by atoms with E-state index in [0.717, 1.165) is 12.1 Å². The van der Waals surface area contributed by atoms with Crippen molar-refractivity contribution < 1.29 is 0 Å². The van der Waals surface area contributed by atoms with E-state index < -0.39 is 0 Å². The SMILES string of the molecule is Cc1c(CCN)cnn1-c1ccccc1. The third-order valence-electron chi connectivity index (χ3n) is 2.53. The number of benzene rings is 1. The smallest absolute Gasteiger partial charge is 0.0648 e. The minimum atomic E-state index is 0.668. The van der Waals surface area contributed by atoms with Crippen molar-refractivity contribution in [3.63, 3.8) is 0 Å². The van der Waals surface area contributed by atoms with Gasteiger partial charge in [0, 0.05) is 5.69 Å². The molecule has 15 heavy (non-hydrogen) atoms. The van der Waals surface area contributed by atoms with Crippen LogP contribution in [0.2, 0.25) is 0 Å². The summed E-state index contributed by atoms with van der Waals surface area (Å²) in [6.07, 6.45) is 2.79. The Morgan fingerprint density at radius 3 is 2.67 bits per heavy atom. The molecule has 0 aliphatic carbocycles. The van der Waals surface area contributed by atoms with Gasteiger partial charge in [-0.1, -0.05) is 18.2 Å². The molecule has 3 heteroatoms. The van der Waals surface area contributed by atoms with Gasteiger partial charge in [0.05, 0.1) is 11.9 Å². The monoisotopic (exact) mass is 201 g/mol. The molecule has 1 aromatic heterocycles. The molecule has 2 rings (SSSR count). The van der Waals surface area contributed by atoms with Gasteiger partial charge in [0.25, 0.3) is 0 Å². The minimum Gasteiger partial charge on any atom is -0.330 e. The van der Waals surface area contributed by atoms with Crippen molar-refractivity contribution >= 4 is 0 Å². The molecule has 0 bridgehead atoms. The van der Waals surface area contributed by atoms with Gasteiger partial charge >= 0.3 is 0 Å². The van der Waals surface area contributed by atoms with Gasteiger partial charge in [0.2, 0.25) is 0 Å². The Morgan fingerprint density at radius 2 is 2.00 bits per heavy atom. The summed E-state index contributed by atoms with van der Waals surface area (Å²) >= 11 is 0. The Labute approximate surface area is 89.5 Å². The molecule has 0 saturated carbocycles. The number of rotatable bonds is 3. The highest BCUT2D eigenvalue weighted by atomic mass is 15.3. The zero-order valence-corrected chi connectivity index (χ0v) is 8.85. The lowest BCUT2D eigenvalue weighted by molar-refractivity contribution is 0.841. The maximum absolute atomic E-state index is 5.54. The summed E-state index contributed by atoms with van der Waals surface area (Å²) < 4.78 is 1.95. The predicted molar refractivity (Wildman–Crippen MR) is 61.1 cm³/mol. The topological polar surface area (TPSA) is 43.8 Å². The van der Waals surface area contributed by atoms with Gasteiger partial charge < -0.3 is 5.73 Å². The standard InChI is InChI=1S/C12H15N3/c1-10-11(7-8-13)9-14-15(10)12-5-3-2-4-6-12/h2-6,9H,7-8,13H2,1H3. The fourth-order valence-corrected chi connectivity index (χ4v) is 1.67. The Kier molecular flexibility index (Phi) is 2.83. The van der Waals surface area contributed by atoms with Crippen molar-refractivity contribution in [1.82, 2.24) is 9.78 Å². The summed E-state index contributed by atoms with van der Waals surface area (Å²) in [6, 6.07) is 10.1. The Balaban J connectivity index is 2.38. The average molecular weight is 201 g/mol. The molecule has 1 heterocycles. The third kappa shape index (κ3) is 1.92. The average Bonchev–Trinajstić information content (AvgIpc) is 2.63. The number of nitrogens with two attached hydrogens (primary N) is 1. The summed E-state index contributed by atoms with van der Waals surface area (Å²) in [5.41, 5.74) is 9.03. The Bertz CT molecular complexity index is 431. The summed E-state index contributed by atoms with van der Waals surface area (Å²) in [6.45, 7) is 2.74. The highest BCUT2D eigenvalue weighted by Gasteiger charge is 2.06. The van der Waals surface area contributed by atoms with Gasteiger partial charge in [-0.2, -0.15) is 5.10 Å². The van der Waals surface area contributed by atoms with E-state index in [2.05, 4.69) is 12.0 Å². The lowest BCUT2D eigenvalue weighted by Crippen LogP contribution is -2.04. The largest absolute Gasteiger partial charge is 0.330 e. The highest BCUT2D eigenvalue weighted by Crippen LogP contribution is 2.13. The van der Waals surface area contributed by atoms with Crippen molar-refractivity contribution in [1.29, 1.82) is 0 Å². The van der Waals surface area contributed by atoms with Crippen LogP contribution in [0.1, 0.15) is 11.3 Å². The van der Waals surface area contributed by atoms with Crippen LogP contribution in [0.25, 0.3) is 5.69 Å². The molecule has 0 spiro atoms. The van der Waals surface area contributed by atoms with E-state index in [-0.39, 0.29) is 0 Å². The quantitative estimate of drug-likeness (QED) is 0.821. The van der Waals surface area contributed by atoms with Crippen molar-refractivity contribution in [2.24, 2.45) is 5.73 Å². The number of para-hydroxylation sites is 1.